The largest absolute Gasteiger partial charge is 0.390 e. The van der Waals surface area contributed by atoms with Crippen LogP contribution in [-0.4, -0.2) is 29.5 Å². The summed E-state index contributed by atoms with van der Waals surface area (Å²) in [7, 11) is 0. The van der Waals surface area contributed by atoms with E-state index in [0.717, 1.165) is 18.8 Å². The summed E-state index contributed by atoms with van der Waals surface area (Å²) >= 11 is 0. The Hall–Kier alpha value is -0.120. The van der Waals surface area contributed by atoms with Gasteiger partial charge in [-0.05, 0) is 51.9 Å². The molecular weight excluding hydrogens is 226 g/mol. The van der Waals surface area contributed by atoms with Crippen LogP contribution in [0, 0.1) is 5.92 Å². The minimum atomic E-state index is -0.644. The van der Waals surface area contributed by atoms with Crippen molar-refractivity contribution in [2.45, 2.75) is 76.9 Å². The van der Waals surface area contributed by atoms with Gasteiger partial charge in [0.05, 0.1) is 17.8 Å². The second kappa shape index (κ2) is 6.88. The molecule has 0 amide bonds. The second-order valence-electron chi connectivity index (χ2n) is 6.53. The maximum atomic E-state index is 9.70. The molecule has 0 spiro atoms. The Balaban J connectivity index is 2.36. The van der Waals surface area contributed by atoms with E-state index in [-0.39, 0.29) is 5.60 Å². The Kier molecular flexibility index (Phi) is 6.09. The van der Waals surface area contributed by atoms with Crippen molar-refractivity contribution in [3.05, 3.63) is 0 Å². The lowest BCUT2D eigenvalue weighted by Gasteiger charge is -2.39. The molecule has 0 aromatic carbocycles. The van der Waals surface area contributed by atoms with Gasteiger partial charge in [-0.1, -0.05) is 19.8 Å². The van der Waals surface area contributed by atoms with Crippen LogP contribution in [0.3, 0.4) is 0 Å². The smallest absolute Gasteiger partial charge is 0.0804 e. The van der Waals surface area contributed by atoms with Gasteiger partial charge in [-0.25, -0.2) is 0 Å². The molecule has 0 unspecified atom stereocenters. The van der Waals surface area contributed by atoms with Crippen molar-refractivity contribution in [1.82, 2.24) is 0 Å². The van der Waals surface area contributed by atoms with Crippen LogP contribution in [0.1, 0.15) is 65.7 Å². The first-order chi connectivity index (χ1) is 8.41. The molecule has 3 nitrogen and oxygen atoms in total. The first-order valence-corrected chi connectivity index (χ1v) is 7.47. The standard InChI is InChI=1S/C15H31NO2/c1-4-5-13-6-8-15(12-16,9-7-13)18-11-10-14(2,3)17/h13,17H,4-12,16H2,1-3H3. The highest BCUT2D eigenvalue weighted by Crippen LogP contribution is 2.36. The van der Waals surface area contributed by atoms with E-state index in [9.17, 15) is 5.11 Å². The SMILES string of the molecule is CCCC1CCC(CN)(OCCC(C)(C)O)CC1. The molecular formula is C15H31NO2. The van der Waals surface area contributed by atoms with Gasteiger partial charge in [-0.2, -0.15) is 0 Å². The average Bonchev–Trinajstić information content (AvgIpc) is 2.30. The second-order valence-corrected chi connectivity index (χ2v) is 6.53. The van der Waals surface area contributed by atoms with Crippen LogP contribution in [-0.2, 0) is 4.74 Å². The molecule has 1 aliphatic rings. The number of aliphatic hydroxyl groups is 1. The lowest BCUT2D eigenvalue weighted by atomic mass is 9.77. The van der Waals surface area contributed by atoms with Crippen molar-refractivity contribution in [1.29, 1.82) is 0 Å². The molecule has 18 heavy (non-hydrogen) atoms. The highest BCUT2D eigenvalue weighted by Gasteiger charge is 2.35. The van der Waals surface area contributed by atoms with E-state index in [2.05, 4.69) is 6.92 Å². The third-order valence-corrected chi connectivity index (χ3v) is 4.21. The predicted molar refractivity (Wildman–Crippen MR) is 75.5 cm³/mol. The van der Waals surface area contributed by atoms with Gasteiger partial charge in [0.2, 0.25) is 0 Å². The van der Waals surface area contributed by atoms with Gasteiger partial charge in [-0.3, -0.25) is 0 Å². The van der Waals surface area contributed by atoms with Crippen LogP contribution < -0.4 is 5.73 Å². The minimum absolute atomic E-state index is 0.116. The van der Waals surface area contributed by atoms with Gasteiger partial charge < -0.3 is 15.6 Å². The van der Waals surface area contributed by atoms with Gasteiger partial charge in [0.25, 0.3) is 0 Å². The number of hydrogen-bond donors (Lipinski definition) is 2. The summed E-state index contributed by atoms with van der Waals surface area (Å²) in [5.41, 5.74) is 5.16. The van der Waals surface area contributed by atoms with E-state index >= 15 is 0 Å². The van der Waals surface area contributed by atoms with Crippen molar-refractivity contribution in [3.63, 3.8) is 0 Å². The topological polar surface area (TPSA) is 55.5 Å². The maximum absolute atomic E-state index is 9.70. The molecule has 0 aliphatic heterocycles. The highest BCUT2D eigenvalue weighted by molar-refractivity contribution is 4.88. The number of hydrogen-bond acceptors (Lipinski definition) is 3. The zero-order chi connectivity index (χ0) is 13.6. The Morgan fingerprint density at radius 2 is 1.94 bits per heavy atom. The summed E-state index contributed by atoms with van der Waals surface area (Å²) in [4.78, 5) is 0. The summed E-state index contributed by atoms with van der Waals surface area (Å²) < 4.78 is 6.04. The van der Waals surface area contributed by atoms with Crippen LogP contribution >= 0.6 is 0 Å². The highest BCUT2D eigenvalue weighted by atomic mass is 16.5. The van der Waals surface area contributed by atoms with E-state index in [0.29, 0.717) is 19.6 Å². The Labute approximate surface area is 112 Å². The molecule has 3 N–H and O–H groups in total. The molecule has 0 atom stereocenters. The van der Waals surface area contributed by atoms with E-state index in [1.807, 2.05) is 13.8 Å². The number of nitrogens with two attached hydrogens (primary N) is 1. The predicted octanol–water partition coefficient (Wildman–Crippen LogP) is 2.85. The first-order valence-electron chi connectivity index (χ1n) is 7.47. The molecule has 3 heteroatoms. The number of rotatable bonds is 7. The summed E-state index contributed by atoms with van der Waals surface area (Å²) in [6, 6.07) is 0. The van der Waals surface area contributed by atoms with Crippen LogP contribution in [0.15, 0.2) is 0 Å². The van der Waals surface area contributed by atoms with E-state index in [4.69, 9.17) is 10.5 Å². The summed E-state index contributed by atoms with van der Waals surface area (Å²) in [6.45, 7) is 7.12. The lowest BCUT2D eigenvalue weighted by molar-refractivity contribution is -0.0875. The molecule has 0 radical (unpaired) electrons. The van der Waals surface area contributed by atoms with Gasteiger partial charge in [0, 0.05) is 6.54 Å². The summed E-state index contributed by atoms with van der Waals surface area (Å²) in [6.07, 6.45) is 7.94. The Bertz CT molecular complexity index is 227. The van der Waals surface area contributed by atoms with E-state index in [1.165, 1.54) is 25.7 Å². The zero-order valence-corrected chi connectivity index (χ0v) is 12.4. The van der Waals surface area contributed by atoms with Crippen LogP contribution in [0.2, 0.25) is 0 Å². The Morgan fingerprint density at radius 1 is 1.33 bits per heavy atom. The van der Waals surface area contributed by atoms with Crippen molar-refractivity contribution in [2.75, 3.05) is 13.2 Å². The summed E-state index contributed by atoms with van der Waals surface area (Å²) in [5, 5.41) is 9.70. The van der Waals surface area contributed by atoms with Crippen molar-refractivity contribution < 1.29 is 9.84 Å². The van der Waals surface area contributed by atoms with E-state index < -0.39 is 5.60 Å². The average molecular weight is 257 g/mol. The molecule has 0 saturated heterocycles. The molecule has 108 valence electrons. The van der Waals surface area contributed by atoms with E-state index in [1.54, 1.807) is 0 Å². The maximum Gasteiger partial charge on any atom is 0.0804 e. The molecule has 0 bridgehead atoms. The third kappa shape index (κ3) is 5.25. The fraction of sp³-hybridized carbons (Fsp3) is 1.00. The first kappa shape index (κ1) is 15.9. The fourth-order valence-electron chi connectivity index (χ4n) is 2.83. The molecule has 0 heterocycles. The van der Waals surface area contributed by atoms with Gasteiger partial charge in [-0.15, -0.1) is 0 Å². The monoisotopic (exact) mass is 257 g/mol. The molecule has 1 fully saturated rings. The minimum Gasteiger partial charge on any atom is -0.390 e. The van der Waals surface area contributed by atoms with Gasteiger partial charge >= 0.3 is 0 Å². The van der Waals surface area contributed by atoms with Crippen molar-refractivity contribution in [2.24, 2.45) is 11.7 Å². The molecule has 1 saturated carbocycles. The zero-order valence-electron chi connectivity index (χ0n) is 12.4. The summed E-state index contributed by atoms with van der Waals surface area (Å²) in [5.74, 6) is 0.868. The Morgan fingerprint density at radius 3 is 2.39 bits per heavy atom. The quantitative estimate of drug-likeness (QED) is 0.737. The fourth-order valence-corrected chi connectivity index (χ4v) is 2.83. The van der Waals surface area contributed by atoms with Crippen LogP contribution in [0.5, 0.6) is 0 Å². The van der Waals surface area contributed by atoms with Crippen LogP contribution in [0.4, 0.5) is 0 Å². The molecule has 1 aliphatic carbocycles. The van der Waals surface area contributed by atoms with Crippen molar-refractivity contribution >= 4 is 0 Å². The molecule has 1 rings (SSSR count). The van der Waals surface area contributed by atoms with Crippen LogP contribution in [0.25, 0.3) is 0 Å². The van der Waals surface area contributed by atoms with Gasteiger partial charge in [0.15, 0.2) is 0 Å². The normalized spacial score (nSPS) is 29.5. The lowest BCUT2D eigenvalue weighted by Crippen LogP contribution is -2.44. The molecule has 0 aromatic rings. The van der Waals surface area contributed by atoms with Gasteiger partial charge in [0.1, 0.15) is 0 Å². The van der Waals surface area contributed by atoms with Crippen molar-refractivity contribution in [3.8, 4) is 0 Å². The molecule has 0 aromatic heterocycles. The third-order valence-electron chi connectivity index (χ3n) is 4.21. The number of ether oxygens (including phenoxy) is 1.